The molecule has 1 aliphatic heterocycles. The number of hydrogen-bond acceptors (Lipinski definition) is 9. The molecule has 220 valence electrons. The van der Waals surface area contributed by atoms with Gasteiger partial charge in [-0.15, -0.1) is 0 Å². The van der Waals surface area contributed by atoms with Gasteiger partial charge in [-0.2, -0.15) is 0 Å². The lowest BCUT2D eigenvalue weighted by molar-refractivity contribution is -0.216. The van der Waals surface area contributed by atoms with E-state index in [4.69, 9.17) is 9.47 Å². The standard InChI is InChI=1S/C32H27NO10/c1-14-9-19-24(20(34)10-14)26-27(33(31(19)39)13-16-5-3-6-17(11-16)32(40)41)30(38)25-18(29(26)37)7-4-8-22(25)43-23-12-21(35)28(36)15(2)42-23/h3-11,15,21,23,28,34-36H,12-13H2,1-2H3,(H,40,41). The number of ether oxygens (including phenoxy) is 2. The smallest absolute Gasteiger partial charge is 0.335 e. The fourth-order valence-corrected chi connectivity index (χ4v) is 5.84. The Morgan fingerprint density at radius 1 is 1.02 bits per heavy atom. The first kappa shape index (κ1) is 28.3. The predicted octanol–water partition coefficient (Wildman–Crippen LogP) is 2.77. The highest BCUT2D eigenvalue weighted by Crippen LogP contribution is 2.39. The highest BCUT2D eigenvalue weighted by Gasteiger charge is 2.40. The van der Waals surface area contributed by atoms with Crippen molar-refractivity contribution >= 4 is 28.3 Å². The number of benzene rings is 3. The molecule has 0 bridgehead atoms. The van der Waals surface area contributed by atoms with E-state index in [1.807, 2.05) is 0 Å². The molecule has 0 radical (unpaired) electrons. The summed E-state index contributed by atoms with van der Waals surface area (Å²) in [6.45, 7) is 3.00. The predicted molar refractivity (Wildman–Crippen MR) is 152 cm³/mol. The number of nitrogens with zero attached hydrogens (tertiary/aromatic N) is 1. The number of ketones is 2. The van der Waals surface area contributed by atoms with Crippen LogP contribution in [-0.2, 0) is 11.3 Å². The summed E-state index contributed by atoms with van der Waals surface area (Å²) < 4.78 is 12.8. The molecular formula is C32H27NO10. The third kappa shape index (κ3) is 4.67. The van der Waals surface area contributed by atoms with E-state index in [1.165, 1.54) is 48.5 Å². The summed E-state index contributed by atoms with van der Waals surface area (Å²) >= 11 is 0. The Kier molecular flexibility index (Phi) is 6.88. The van der Waals surface area contributed by atoms with Gasteiger partial charge in [0.1, 0.15) is 23.3 Å². The van der Waals surface area contributed by atoms with Crippen molar-refractivity contribution in [3.63, 3.8) is 0 Å². The molecule has 11 nitrogen and oxygen atoms in total. The highest BCUT2D eigenvalue weighted by atomic mass is 16.7. The van der Waals surface area contributed by atoms with Crippen molar-refractivity contribution in [2.24, 2.45) is 0 Å². The molecule has 2 heterocycles. The van der Waals surface area contributed by atoms with E-state index in [1.54, 1.807) is 19.9 Å². The zero-order valence-corrected chi connectivity index (χ0v) is 23.1. The molecule has 43 heavy (non-hydrogen) atoms. The van der Waals surface area contributed by atoms with E-state index in [0.717, 1.165) is 4.57 Å². The Morgan fingerprint density at radius 2 is 1.77 bits per heavy atom. The highest BCUT2D eigenvalue weighted by molar-refractivity contribution is 6.32. The quantitative estimate of drug-likeness (QED) is 0.240. The summed E-state index contributed by atoms with van der Waals surface area (Å²) in [5.74, 6) is -2.88. The van der Waals surface area contributed by atoms with E-state index in [-0.39, 0.29) is 63.2 Å². The van der Waals surface area contributed by atoms with Gasteiger partial charge in [-0.25, -0.2) is 4.79 Å². The number of aromatic hydroxyl groups is 1. The lowest BCUT2D eigenvalue weighted by Crippen LogP contribution is -2.48. The second kappa shape index (κ2) is 10.5. The Labute approximate surface area is 244 Å². The van der Waals surface area contributed by atoms with Crippen LogP contribution in [0.2, 0.25) is 0 Å². The summed E-state index contributed by atoms with van der Waals surface area (Å²) in [6, 6.07) is 13.2. The molecule has 0 amide bonds. The molecule has 3 aromatic carbocycles. The fourth-order valence-electron chi connectivity index (χ4n) is 5.84. The Morgan fingerprint density at radius 3 is 2.49 bits per heavy atom. The molecule has 4 atom stereocenters. The van der Waals surface area contributed by atoms with Crippen LogP contribution >= 0.6 is 0 Å². The van der Waals surface area contributed by atoms with Crippen molar-refractivity contribution < 1.29 is 44.3 Å². The lowest BCUT2D eigenvalue weighted by Gasteiger charge is -2.35. The van der Waals surface area contributed by atoms with Crippen molar-refractivity contribution in [2.75, 3.05) is 0 Å². The Bertz CT molecular complexity index is 1900. The van der Waals surface area contributed by atoms with Gasteiger partial charge in [-0.3, -0.25) is 19.0 Å². The Hall–Kier alpha value is -4.84. The second-order valence-corrected chi connectivity index (χ2v) is 10.8. The molecule has 1 fully saturated rings. The van der Waals surface area contributed by atoms with E-state index in [0.29, 0.717) is 11.1 Å². The van der Waals surface area contributed by atoms with Gasteiger partial charge >= 0.3 is 5.97 Å². The van der Waals surface area contributed by atoms with E-state index in [9.17, 15) is 39.6 Å². The molecule has 11 heteroatoms. The average Bonchev–Trinajstić information content (AvgIpc) is 2.96. The van der Waals surface area contributed by atoms with Crippen LogP contribution in [0.25, 0.3) is 10.8 Å². The number of phenols is 1. The largest absolute Gasteiger partial charge is 0.507 e. The van der Waals surface area contributed by atoms with Gasteiger partial charge in [-0.05, 0) is 55.3 Å². The zero-order chi connectivity index (χ0) is 30.7. The third-order valence-corrected chi connectivity index (χ3v) is 7.88. The van der Waals surface area contributed by atoms with E-state index >= 15 is 0 Å². The topological polar surface area (TPSA) is 173 Å². The number of fused-ring (bicyclic) bond motifs is 4. The maximum Gasteiger partial charge on any atom is 0.335 e. The molecule has 4 aromatic rings. The van der Waals surface area contributed by atoms with Gasteiger partial charge in [0.05, 0.1) is 40.8 Å². The van der Waals surface area contributed by atoms with E-state index in [2.05, 4.69) is 0 Å². The Balaban J connectivity index is 1.56. The van der Waals surface area contributed by atoms with E-state index < -0.39 is 47.7 Å². The molecule has 1 saturated heterocycles. The summed E-state index contributed by atoms with van der Waals surface area (Å²) in [7, 11) is 0. The minimum atomic E-state index is -1.17. The van der Waals surface area contributed by atoms with Crippen LogP contribution in [0.5, 0.6) is 11.5 Å². The summed E-state index contributed by atoms with van der Waals surface area (Å²) in [6.07, 6.45) is -4.19. The van der Waals surface area contributed by atoms with Crippen molar-refractivity contribution in [3.05, 3.63) is 104 Å². The number of carboxylic acid groups (broad SMARTS) is 1. The average molecular weight is 586 g/mol. The molecule has 1 aromatic heterocycles. The molecular weight excluding hydrogens is 558 g/mol. The number of aromatic carboxylic acids is 1. The summed E-state index contributed by atoms with van der Waals surface area (Å²) in [4.78, 5) is 54.1. The molecule has 6 rings (SSSR count). The SMILES string of the molecule is Cc1cc(O)c2c3c(n(Cc4cccc(C(=O)O)c4)c(=O)c2c1)C(=O)c1c(OC2CC(O)C(O)C(C)O2)cccc1C3=O. The minimum Gasteiger partial charge on any atom is -0.507 e. The number of pyridine rings is 1. The van der Waals surface area contributed by atoms with Crippen LogP contribution < -0.4 is 10.3 Å². The molecule has 4 unspecified atom stereocenters. The normalized spacial score (nSPS) is 21.4. The summed E-state index contributed by atoms with van der Waals surface area (Å²) in [5.41, 5.74) is -0.302. The molecule has 0 saturated carbocycles. The first-order valence-electron chi connectivity index (χ1n) is 13.6. The molecule has 0 spiro atoms. The number of aryl methyl sites for hydroxylation is 1. The molecule has 1 aliphatic carbocycles. The maximum atomic E-state index is 14.4. The van der Waals surface area contributed by atoms with Crippen molar-refractivity contribution in [1.29, 1.82) is 0 Å². The van der Waals surface area contributed by atoms with Gasteiger partial charge in [0.25, 0.3) is 5.56 Å². The van der Waals surface area contributed by atoms with Gasteiger partial charge in [0.2, 0.25) is 12.1 Å². The lowest BCUT2D eigenvalue weighted by atomic mass is 9.83. The van der Waals surface area contributed by atoms with Crippen molar-refractivity contribution in [2.45, 2.75) is 51.4 Å². The van der Waals surface area contributed by atoms with Crippen molar-refractivity contribution in [1.82, 2.24) is 4.57 Å². The molecule has 4 N–H and O–H groups in total. The van der Waals surface area contributed by atoms with Crippen LogP contribution in [0.4, 0.5) is 0 Å². The van der Waals surface area contributed by atoms with Crippen LogP contribution in [0.15, 0.2) is 59.4 Å². The first-order chi connectivity index (χ1) is 20.5. The maximum absolute atomic E-state index is 14.4. The number of carbonyl (C=O) groups is 3. The number of aliphatic hydroxyl groups is 2. The zero-order valence-electron chi connectivity index (χ0n) is 23.1. The number of hydrogen-bond donors (Lipinski definition) is 4. The van der Waals surface area contributed by atoms with Gasteiger partial charge < -0.3 is 29.9 Å². The number of phenolic OH excluding ortho intramolecular Hbond substituents is 1. The number of aromatic nitrogens is 1. The number of carbonyl (C=O) groups excluding carboxylic acids is 2. The minimum absolute atomic E-state index is 0.0150. The van der Waals surface area contributed by atoms with Gasteiger partial charge in [-0.1, -0.05) is 24.3 Å². The fraction of sp³-hybridized carbons (Fsp3) is 0.250. The van der Waals surface area contributed by atoms with Gasteiger partial charge in [0.15, 0.2) is 5.78 Å². The monoisotopic (exact) mass is 585 g/mol. The summed E-state index contributed by atoms with van der Waals surface area (Å²) in [5, 5.41) is 40.7. The van der Waals surface area contributed by atoms with Crippen LogP contribution in [0.1, 0.15) is 66.8 Å². The molecule has 2 aliphatic rings. The van der Waals surface area contributed by atoms with Crippen LogP contribution in [0, 0.1) is 6.92 Å². The third-order valence-electron chi connectivity index (χ3n) is 7.88. The second-order valence-electron chi connectivity index (χ2n) is 10.8. The van der Waals surface area contributed by atoms with Crippen molar-refractivity contribution in [3.8, 4) is 11.5 Å². The van der Waals surface area contributed by atoms with Crippen LogP contribution in [-0.4, -0.2) is 67.1 Å². The first-order valence-corrected chi connectivity index (χ1v) is 13.6. The number of aliphatic hydroxyl groups excluding tert-OH is 2. The number of rotatable bonds is 5. The van der Waals surface area contributed by atoms with Crippen LogP contribution in [0.3, 0.4) is 0 Å². The number of carboxylic acids is 1. The van der Waals surface area contributed by atoms with Gasteiger partial charge in [0, 0.05) is 17.4 Å².